The molecule has 6 nitrogen and oxygen atoms in total. The lowest BCUT2D eigenvalue weighted by molar-refractivity contribution is 0.0768. The van der Waals surface area contributed by atoms with Crippen molar-refractivity contribution in [2.24, 2.45) is 4.99 Å². The highest BCUT2D eigenvalue weighted by molar-refractivity contribution is 7.92. The molecule has 0 radical (unpaired) electrons. The summed E-state index contributed by atoms with van der Waals surface area (Å²) in [6, 6.07) is 8.82. The Balaban J connectivity index is 1.90. The van der Waals surface area contributed by atoms with Gasteiger partial charge in [0.2, 0.25) is 0 Å². The minimum Gasteiger partial charge on any atom is -0.381 e. The number of rotatable bonds is 9. The molecule has 1 aromatic rings. The van der Waals surface area contributed by atoms with Crippen molar-refractivity contribution in [2.45, 2.75) is 57.1 Å². The summed E-state index contributed by atoms with van der Waals surface area (Å²) < 4.78 is 29.4. The van der Waals surface area contributed by atoms with Crippen LogP contribution in [0.2, 0.25) is 0 Å². The number of aliphatic imine (C=N–C) groups is 1. The molecule has 0 saturated carbocycles. The number of aryl methyl sites for hydroxylation is 1. The molecule has 0 bridgehead atoms. The van der Waals surface area contributed by atoms with E-state index >= 15 is 0 Å². The lowest BCUT2D eigenvalue weighted by Crippen LogP contribution is -2.47. The number of sulfone groups is 1. The van der Waals surface area contributed by atoms with Crippen LogP contribution in [0.4, 0.5) is 0 Å². The maximum atomic E-state index is 12.4. The molecule has 2 N–H and O–H groups in total. The summed E-state index contributed by atoms with van der Waals surface area (Å²) in [5, 5.41) is 6.56. The van der Waals surface area contributed by atoms with Gasteiger partial charge in [-0.3, -0.25) is 4.99 Å². The number of nitrogens with zero attached hydrogens (tertiary/aromatic N) is 1. The summed E-state index contributed by atoms with van der Waals surface area (Å²) in [6.45, 7) is 9.15. The maximum absolute atomic E-state index is 12.4. The first-order valence-electron chi connectivity index (χ1n) is 10.7. The van der Waals surface area contributed by atoms with E-state index in [4.69, 9.17) is 4.74 Å². The predicted molar refractivity (Wildman–Crippen MR) is 120 cm³/mol. The van der Waals surface area contributed by atoms with E-state index in [1.165, 1.54) is 17.4 Å². The Labute approximate surface area is 176 Å². The number of hydrogen-bond donors (Lipinski definition) is 2. The zero-order valence-electron chi connectivity index (χ0n) is 18.3. The first-order valence-corrected chi connectivity index (χ1v) is 12.5. The molecule has 29 heavy (non-hydrogen) atoms. The second kappa shape index (κ2) is 11.0. The fraction of sp³-hybridized carbons (Fsp3) is 0.682. The average molecular weight is 424 g/mol. The highest BCUT2D eigenvalue weighted by Crippen LogP contribution is 2.29. The third-order valence-corrected chi connectivity index (χ3v) is 7.75. The van der Waals surface area contributed by atoms with E-state index < -0.39 is 14.6 Å². The van der Waals surface area contributed by atoms with Crippen LogP contribution in [0.3, 0.4) is 0 Å². The van der Waals surface area contributed by atoms with E-state index in [-0.39, 0.29) is 6.54 Å². The van der Waals surface area contributed by atoms with Crippen molar-refractivity contribution in [1.29, 1.82) is 0 Å². The summed E-state index contributed by atoms with van der Waals surface area (Å²) in [5.41, 5.74) is 2.69. The molecule has 0 aliphatic carbocycles. The Morgan fingerprint density at radius 2 is 1.83 bits per heavy atom. The van der Waals surface area contributed by atoms with Gasteiger partial charge in [-0.1, -0.05) is 38.1 Å². The Morgan fingerprint density at radius 1 is 1.17 bits per heavy atom. The van der Waals surface area contributed by atoms with E-state index in [1.54, 1.807) is 0 Å². The smallest absolute Gasteiger partial charge is 0.191 e. The third-order valence-electron chi connectivity index (χ3n) is 5.64. The molecule has 0 unspecified atom stereocenters. The summed E-state index contributed by atoms with van der Waals surface area (Å²) in [5.74, 6) is 1.23. The SMILES string of the molecule is CCNC(=NCC1(S(C)(=O)=O)CCOCC1)NCCCc1ccc(C(C)C)cc1. The van der Waals surface area contributed by atoms with Gasteiger partial charge in [0, 0.05) is 32.6 Å². The average Bonchev–Trinajstić information content (AvgIpc) is 2.69. The number of nitrogens with one attached hydrogen (secondary N) is 2. The summed E-state index contributed by atoms with van der Waals surface area (Å²) in [4.78, 5) is 4.61. The number of hydrogen-bond acceptors (Lipinski definition) is 4. The number of guanidine groups is 1. The molecule has 1 aliphatic rings. The molecule has 1 fully saturated rings. The van der Waals surface area contributed by atoms with Gasteiger partial charge in [-0.15, -0.1) is 0 Å². The number of benzene rings is 1. The highest BCUT2D eigenvalue weighted by atomic mass is 32.2. The largest absolute Gasteiger partial charge is 0.381 e. The van der Waals surface area contributed by atoms with Gasteiger partial charge in [0.05, 0.1) is 11.3 Å². The lowest BCUT2D eigenvalue weighted by atomic mass is 9.99. The Bertz CT molecular complexity index is 752. The van der Waals surface area contributed by atoms with Crippen LogP contribution in [-0.2, 0) is 21.0 Å². The predicted octanol–water partition coefficient (Wildman–Crippen LogP) is 2.89. The van der Waals surface area contributed by atoms with Crippen molar-refractivity contribution in [2.75, 3.05) is 39.1 Å². The minimum atomic E-state index is -3.21. The zero-order chi connectivity index (χ0) is 21.3. The highest BCUT2D eigenvalue weighted by Gasteiger charge is 2.42. The molecular weight excluding hydrogens is 386 g/mol. The van der Waals surface area contributed by atoms with E-state index in [1.807, 2.05) is 6.92 Å². The van der Waals surface area contributed by atoms with Crippen molar-refractivity contribution in [3.05, 3.63) is 35.4 Å². The molecule has 2 rings (SSSR count). The first kappa shape index (κ1) is 23.7. The summed E-state index contributed by atoms with van der Waals surface area (Å²) in [6.07, 6.45) is 4.30. The van der Waals surface area contributed by atoms with Crippen LogP contribution in [-0.4, -0.2) is 58.2 Å². The third kappa shape index (κ3) is 7.00. The van der Waals surface area contributed by atoms with Gasteiger partial charge >= 0.3 is 0 Å². The summed E-state index contributed by atoms with van der Waals surface area (Å²) in [7, 11) is -3.21. The molecule has 0 spiro atoms. The molecule has 164 valence electrons. The fourth-order valence-electron chi connectivity index (χ4n) is 3.52. The quantitative estimate of drug-likeness (QED) is 0.363. The van der Waals surface area contributed by atoms with Crippen molar-refractivity contribution < 1.29 is 13.2 Å². The molecule has 1 aliphatic heterocycles. The van der Waals surface area contributed by atoms with Crippen LogP contribution >= 0.6 is 0 Å². The summed E-state index contributed by atoms with van der Waals surface area (Å²) >= 11 is 0. The molecule has 1 heterocycles. The molecule has 1 saturated heterocycles. The first-order chi connectivity index (χ1) is 13.8. The van der Waals surface area contributed by atoms with Gasteiger partial charge in [0.1, 0.15) is 0 Å². The Kier molecular flexibility index (Phi) is 8.96. The fourth-order valence-corrected chi connectivity index (χ4v) is 4.73. The maximum Gasteiger partial charge on any atom is 0.191 e. The standard InChI is InChI=1S/C22H37N3O3S/c1-5-23-21(25-17-22(29(4,26)27)12-15-28-16-13-22)24-14-6-7-19-8-10-20(11-9-19)18(2)3/h8-11,18H,5-7,12-17H2,1-4H3,(H2,23,24,25). The normalized spacial score (nSPS) is 17.3. The van der Waals surface area contributed by atoms with Gasteiger partial charge in [0.15, 0.2) is 15.8 Å². The van der Waals surface area contributed by atoms with Crippen molar-refractivity contribution in [3.63, 3.8) is 0 Å². The van der Waals surface area contributed by atoms with Gasteiger partial charge in [-0.25, -0.2) is 8.42 Å². The van der Waals surface area contributed by atoms with Crippen LogP contribution in [0.5, 0.6) is 0 Å². The van der Waals surface area contributed by atoms with Crippen LogP contribution in [0.15, 0.2) is 29.3 Å². The molecule has 0 atom stereocenters. The van der Waals surface area contributed by atoms with Crippen molar-refractivity contribution in [3.8, 4) is 0 Å². The topological polar surface area (TPSA) is 79.8 Å². The molecule has 1 aromatic carbocycles. The van der Waals surface area contributed by atoms with Crippen LogP contribution in [0.1, 0.15) is 57.1 Å². The zero-order valence-corrected chi connectivity index (χ0v) is 19.1. The molecule has 0 aromatic heterocycles. The minimum absolute atomic E-state index is 0.265. The number of ether oxygens (including phenoxy) is 1. The van der Waals surface area contributed by atoms with E-state index in [2.05, 4.69) is 53.7 Å². The van der Waals surface area contributed by atoms with Gasteiger partial charge in [-0.2, -0.15) is 0 Å². The van der Waals surface area contributed by atoms with Crippen LogP contribution in [0, 0.1) is 0 Å². The Hall–Kier alpha value is -1.60. The van der Waals surface area contributed by atoms with Gasteiger partial charge < -0.3 is 15.4 Å². The van der Waals surface area contributed by atoms with E-state index in [0.29, 0.717) is 37.9 Å². The Morgan fingerprint density at radius 3 is 2.38 bits per heavy atom. The van der Waals surface area contributed by atoms with E-state index in [0.717, 1.165) is 25.9 Å². The van der Waals surface area contributed by atoms with Gasteiger partial charge in [-0.05, 0) is 49.7 Å². The van der Waals surface area contributed by atoms with Crippen LogP contribution in [0.25, 0.3) is 0 Å². The molecule has 7 heteroatoms. The molecular formula is C22H37N3O3S. The lowest BCUT2D eigenvalue weighted by Gasteiger charge is -2.34. The second-order valence-corrected chi connectivity index (χ2v) is 10.6. The van der Waals surface area contributed by atoms with E-state index in [9.17, 15) is 8.42 Å². The molecule has 0 amide bonds. The van der Waals surface area contributed by atoms with Crippen molar-refractivity contribution >= 4 is 15.8 Å². The second-order valence-electron chi connectivity index (χ2n) is 8.19. The van der Waals surface area contributed by atoms with Crippen molar-refractivity contribution in [1.82, 2.24) is 10.6 Å². The van der Waals surface area contributed by atoms with Gasteiger partial charge in [0.25, 0.3) is 0 Å². The van der Waals surface area contributed by atoms with Crippen LogP contribution < -0.4 is 10.6 Å². The monoisotopic (exact) mass is 423 g/mol.